The van der Waals surface area contributed by atoms with Gasteiger partial charge in [0.25, 0.3) is 11.4 Å². The largest absolute Gasteiger partial charge is 0.390 e. The number of H-pyrrole nitrogens is 1. The summed E-state index contributed by atoms with van der Waals surface area (Å²) in [5.41, 5.74) is -2.95. The van der Waals surface area contributed by atoms with E-state index in [0.29, 0.717) is 0 Å². The molecule has 1 aliphatic rings. The van der Waals surface area contributed by atoms with Crippen LogP contribution in [0.1, 0.15) is 10.3 Å². The highest BCUT2D eigenvalue weighted by Crippen LogP contribution is 2.37. The maximum Gasteiger partial charge on any atom is 0.330 e. The molecular weight excluding hydrogens is 270 g/mol. The first-order valence-electron chi connectivity index (χ1n) is 6.34. The first kappa shape index (κ1) is 10.2. The molecule has 8 nitrogen and oxygen atoms in total. The lowest BCUT2D eigenvalue weighted by Crippen LogP contribution is -2.42. The van der Waals surface area contributed by atoms with Crippen molar-refractivity contribution in [2.45, 2.75) is 24.3 Å². The van der Waals surface area contributed by atoms with Crippen LogP contribution in [0.2, 0.25) is 0 Å². The summed E-state index contributed by atoms with van der Waals surface area (Å²) in [6.45, 7) is -3.86. The monoisotopic (exact) mass is 283 g/mol. The number of hydrogen-bond acceptors (Lipinski definition) is 6. The zero-order valence-electron chi connectivity index (χ0n) is 12.0. The lowest BCUT2D eigenvalue weighted by Gasteiger charge is -2.19. The van der Waals surface area contributed by atoms with Crippen molar-refractivity contribution < 1.29 is 32.9 Å². The van der Waals surface area contributed by atoms with Gasteiger partial charge >= 0.3 is 5.69 Å². The number of ether oxygens (including phenoxy) is 1. The number of nitrogens with one attached hydrogen (secondary N) is 1. The van der Waals surface area contributed by atoms with Crippen molar-refractivity contribution in [2.75, 3.05) is 6.56 Å². The normalized spacial score (nSPS) is 41.6. The molecule has 4 atom stereocenters. The molecule has 2 rings (SSSR count). The molecule has 19 heavy (non-hydrogen) atoms. The Labute approximate surface area is 107 Å². The van der Waals surface area contributed by atoms with Crippen LogP contribution >= 0.6 is 0 Å². The molecule has 4 N–H and O–H groups in total. The van der Waals surface area contributed by atoms with E-state index in [-0.39, 0.29) is 10.8 Å². The van der Waals surface area contributed by atoms with Gasteiger partial charge in [-0.05, 0) is 0 Å². The van der Waals surface area contributed by atoms with Crippen LogP contribution in [0, 0.1) is 5.82 Å². The zero-order valence-corrected chi connectivity index (χ0v) is 9.00. The fourth-order valence-electron chi connectivity index (χ4n) is 1.50. The third-order valence-corrected chi connectivity index (χ3v) is 2.47. The summed E-state index contributed by atoms with van der Waals surface area (Å²) < 4.78 is 53.1. The Hall–Kier alpha value is -1.62. The minimum atomic E-state index is -3.99. The first-order chi connectivity index (χ1) is 9.84. The first-order valence-corrected chi connectivity index (χ1v) is 4.84. The lowest BCUT2D eigenvalue weighted by atomic mass is 10.1. The SMILES string of the molecule is [2H]C([2H])(O)[C@@]1(F)O[C@@]([2H])(n2cc(F)c(=O)[nH]c2=O)[C@H](O)[C@@H]1O. The van der Waals surface area contributed by atoms with E-state index in [4.69, 9.17) is 9.22 Å². The number of aliphatic hydroxyl groups excluding tert-OH is 2. The van der Waals surface area contributed by atoms with Gasteiger partial charge in [-0.3, -0.25) is 14.3 Å². The van der Waals surface area contributed by atoms with Gasteiger partial charge in [-0.1, -0.05) is 0 Å². The van der Waals surface area contributed by atoms with Gasteiger partial charge in [0, 0.05) is 0 Å². The van der Waals surface area contributed by atoms with Gasteiger partial charge in [-0.25, -0.2) is 9.18 Å². The van der Waals surface area contributed by atoms with E-state index in [9.17, 15) is 28.6 Å². The second-order valence-corrected chi connectivity index (χ2v) is 3.69. The summed E-state index contributed by atoms with van der Waals surface area (Å²) in [7, 11) is 0. The topological polar surface area (TPSA) is 125 Å². The number of halogens is 2. The van der Waals surface area contributed by atoms with E-state index >= 15 is 0 Å². The van der Waals surface area contributed by atoms with Gasteiger partial charge in [-0.15, -0.1) is 0 Å². The van der Waals surface area contributed by atoms with Gasteiger partial charge in [0.05, 0.1) is 10.3 Å². The molecule has 0 aromatic carbocycles. The van der Waals surface area contributed by atoms with Gasteiger partial charge in [0.1, 0.15) is 18.8 Å². The van der Waals surface area contributed by atoms with Crippen LogP contribution in [0.3, 0.4) is 0 Å². The van der Waals surface area contributed by atoms with Crippen LogP contribution < -0.4 is 11.2 Å². The number of alkyl halides is 1. The van der Waals surface area contributed by atoms with Crippen LogP contribution in [0.4, 0.5) is 8.78 Å². The molecule has 1 aromatic heterocycles. The van der Waals surface area contributed by atoms with Crippen molar-refractivity contribution in [3.8, 4) is 0 Å². The van der Waals surface area contributed by atoms with E-state index in [0.717, 1.165) is 0 Å². The fraction of sp³-hybridized carbons (Fsp3) is 0.556. The second kappa shape index (κ2) is 4.49. The number of hydrogen-bond donors (Lipinski definition) is 4. The third kappa shape index (κ3) is 2.08. The van der Waals surface area contributed by atoms with Crippen LogP contribution in [0.5, 0.6) is 0 Å². The Morgan fingerprint density at radius 2 is 2.26 bits per heavy atom. The summed E-state index contributed by atoms with van der Waals surface area (Å²) >= 11 is 0. The molecule has 0 saturated carbocycles. The van der Waals surface area contributed by atoms with Gasteiger partial charge in [-0.2, -0.15) is 4.39 Å². The van der Waals surface area contributed by atoms with E-state index in [1.54, 1.807) is 0 Å². The predicted molar refractivity (Wildman–Crippen MR) is 54.3 cm³/mol. The Balaban J connectivity index is 2.64. The average molecular weight is 283 g/mol. The summed E-state index contributed by atoms with van der Waals surface area (Å²) in [5.74, 6) is -5.57. The van der Waals surface area contributed by atoms with Crippen molar-refractivity contribution in [3.63, 3.8) is 0 Å². The summed E-state index contributed by atoms with van der Waals surface area (Å²) in [6.07, 6.45) is -8.51. The Kier molecular flexibility index (Phi) is 2.41. The van der Waals surface area contributed by atoms with Gasteiger partial charge in [0.2, 0.25) is 5.82 Å². The average Bonchev–Trinajstić information content (AvgIpc) is 2.56. The number of nitrogens with zero attached hydrogens (tertiary/aromatic N) is 1. The Bertz CT molecular complexity index is 721. The van der Waals surface area contributed by atoms with Gasteiger partial charge < -0.3 is 20.1 Å². The molecule has 1 aromatic rings. The smallest absolute Gasteiger partial charge is 0.330 e. The second-order valence-electron chi connectivity index (χ2n) is 3.69. The standard InChI is InChI=1S/C9H10F2N2O6/c10-3-1-13(8(18)12-6(3)17)7-4(15)5(16)9(11,2-14)19-7/h1,4-5,7,14-16H,2H2,(H,12,17,18)/t4-,5+,7-,9-/m1/s1/i2D2,7D. The van der Waals surface area contributed by atoms with Gasteiger partial charge in [0.15, 0.2) is 6.20 Å². The molecular formula is C9H10F2N2O6. The third-order valence-electron chi connectivity index (χ3n) is 2.47. The zero-order chi connectivity index (χ0) is 17.1. The van der Waals surface area contributed by atoms with E-state index in [1.165, 1.54) is 4.98 Å². The molecule has 1 fully saturated rings. The summed E-state index contributed by atoms with van der Waals surface area (Å²) in [5, 5.41) is 28.3. The van der Waals surface area contributed by atoms with Crippen molar-refractivity contribution in [3.05, 3.63) is 32.9 Å². The highest BCUT2D eigenvalue weighted by molar-refractivity contribution is 4.97. The molecule has 2 heterocycles. The highest BCUT2D eigenvalue weighted by Gasteiger charge is 2.55. The van der Waals surface area contributed by atoms with Crippen LogP contribution in [-0.4, -0.2) is 49.5 Å². The summed E-state index contributed by atoms with van der Waals surface area (Å²) in [4.78, 5) is 23.9. The maximum atomic E-state index is 14.3. The number of aliphatic hydroxyl groups is 3. The minimum absolute atomic E-state index is 0.0926. The van der Waals surface area contributed by atoms with Crippen molar-refractivity contribution in [1.82, 2.24) is 9.55 Å². The fourth-order valence-corrected chi connectivity index (χ4v) is 1.50. The van der Waals surface area contributed by atoms with Crippen LogP contribution in [0.15, 0.2) is 15.8 Å². The van der Waals surface area contributed by atoms with E-state index < -0.39 is 47.9 Å². The van der Waals surface area contributed by atoms with Crippen LogP contribution in [-0.2, 0) is 4.74 Å². The van der Waals surface area contributed by atoms with Crippen molar-refractivity contribution >= 4 is 0 Å². The Morgan fingerprint density at radius 3 is 2.79 bits per heavy atom. The van der Waals surface area contributed by atoms with Crippen molar-refractivity contribution in [2.24, 2.45) is 0 Å². The molecule has 0 unspecified atom stereocenters. The lowest BCUT2D eigenvalue weighted by molar-refractivity contribution is -0.207. The molecule has 1 saturated heterocycles. The number of aromatic nitrogens is 2. The van der Waals surface area contributed by atoms with Crippen LogP contribution in [0.25, 0.3) is 0 Å². The Morgan fingerprint density at radius 1 is 1.63 bits per heavy atom. The predicted octanol–water partition coefficient (Wildman–Crippen LogP) is -2.42. The van der Waals surface area contributed by atoms with E-state index in [1.807, 2.05) is 0 Å². The highest BCUT2D eigenvalue weighted by atomic mass is 19.2. The number of aromatic amines is 1. The molecule has 0 radical (unpaired) electrons. The molecule has 106 valence electrons. The number of rotatable bonds is 2. The molecule has 0 amide bonds. The minimum Gasteiger partial charge on any atom is -0.390 e. The molecule has 0 bridgehead atoms. The quantitative estimate of drug-likeness (QED) is 0.479. The van der Waals surface area contributed by atoms with Crippen molar-refractivity contribution in [1.29, 1.82) is 0 Å². The maximum absolute atomic E-state index is 14.3. The molecule has 1 aliphatic heterocycles. The molecule has 0 spiro atoms. The molecule has 10 heteroatoms. The molecule has 0 aliphatic carbocycles. The van der Waals surface area contributed by atoms with E-state index in [2.05, 4.69) is 4.74 Å². The summed E-state index contributed by atoms with van der Waals surface area (Å²) in [6, 6.07) is 0.